The molecule has 1 aliphatic heterocycles. The van der Waals surface area contributed by atoms with E-state index in [0.717, 1.165) is 31.4 Å². The summed E-state index contributed by atoms with van der Waals surface area (Å²) in [6.45, 7) is 0.629. The average molecular weight is 336 g/mol. The molecule has 1 aliphatic rings. The molecule has 1 amide bonds. The lowest BCUT2D eigenvalue weighted by atomic mass is 9.99. The summed E-state index contributed by atoms with van der Waals surface area (Å²) in [5.74, 6) is -2.01. The SMILES string of the molecule is O=C(c1cc(-c2ccc(F)c(F)c2)on1)N1CCCCC1CCO. The van der Waals surface area contributed by atoms with Crippen LogP contribution in [0.3, 0.4) is 0 Å². The molecule has 0 bridgehead atoms. The molecule has 1 fully saturated rings. The van der Waals surface area contributed by atoms with E-state index < -0.39 is 11.6 Å². The Morgan fingerprint density at radius 3 is 2.88 bits per heavy atom. The predicted octanol–water partition coefficient (Wildman–Crippen LogP) is 3.00. The zero-order valence-electron chi connectivity index (χ0n) is 13.0. The van der Waals surface area contributed by atoms with Crippen molar-refractivity contribution < 1.29 is 23.2 Å². The highest BCUT2D eigenvalue weighted by atomic mass is 19.2. The zero-order valence-corrected chi connectivity index (χ0v) is 13.0. The van der Waals surface area contributed by atoms with Crippen molar-refractivity contribution in [3.05, 3.63) is 41.6 Å². The summed E-state index contributed by atoms with van der Waals surface area (Å²) in [5.41, 5.74) is 0.436. The van der Waals surface area contributed by atoms with Crippen LogP contribution in [0.25, 0.3) is 11.3 Å². The minimum atomic E-state index is -0.990. The van der Waals surface area contributed by atoms with Crippen LogP contribution in [0, 0.1) is 11.6 Å². The largest absolute Gasteiger partial charge is 0.396 e. The van der Waals surface area contributed by atoms with Crippen LogP contribution < -0.4 is 0 Å². The summed E-state index contributed by atoms with van der Waals surface area (Å²) in [5, 5.41) is 12.9. The molecule has 0 radical (unpaired) electrons. The fraction of sp³-hybridized carbons (Fsp3) is 0.412. The third-order valence-corrected chi connectivity index (χ3v) is 4.28. The monoisotopic (exact) mass is 336 g/mol. The molecule has 1 N–H and O–H groups in total. The molecule has 2 heterocycles. The number of likely N-dealkylation sites (tertiary alicyclic amines) is 1. The molecule has 3 rings (SSSR count). The number of hydrogen-bond acceptors (Lipinski definition) is 4. The minimum absolute atomic E-state index is 0.0142. The number of halogens is 2. The van der Waals surface area contributed by atoms with Gasteiger partial charge in [-0.15, -0.1) is 0 Å². The molecule has 24 heavy (non-hydrogen) atoms. The first-order valence-electron chi connectivity index (χ1n) is 7.94. The normalized spacial score (nSPS) is 18.0. The minimum Gasteiger partial charge on any atom is -0.396 e. The third-order valence-electron chi connectivity index (χ3n) is 4.28. The van der Waals surface area contributed by atoms with Crippen molar-refractivity contribution in [3.8, 4) is 11.3 Å². The second-order valence-electron chi connectivity index (χ2n) is 5.87. The number of amides is 1. The Hall–Kier alpha value is -2.28. The molecule has 128 valence electrons. The first kappa shape index (κ1) is 16.6. The Labute approximate surface area is 137 Å². The number of rotatable bonds is 4. The van der Waals surface area contributed by atoms with Gasteiger partial charge in [-0.05, 0) is 43.9 Å². The van der Waals surface area contributed by atoms with E-state index in [-0.39, 0.29) is 30.0 Å². The molecule has 0 saturated carbocycles. The highest BCUT2D eigenvalue weighted by Gasteiger charge is 2.29. The molecule has 7 heteroatoms. The van der Waals surface area contributed by atoms with Crippen molar-refractivity contribution >= 4 is 5.91 Å². The topological polar surface area (TPSA) is 66.6 Å². The van der Waals surface area contributed by atoms with E-state index >= 15 is 0 Å². The standard InChI is InChI=1S/C17H18F2N2O3/c18-13-5-4-11(9-14(13)19)16-10-15(20-24-16)17(23)21-7-2-1-3-12(21)6-8-22/h4-5,9-10,12,22H,1-3,6-8H2. The Balaban J connectivity index is 1.81. The van der Waals surface area contributed by atoms with Crippen molar-refractivity contribution in [3.63, 3.8) is 0 Å². The smallest absolute Gasteiger partial charge is 0.276 e. The van der Waals surface area contributed by atoms with Crippen molar-refractivity contribution in [2.24, 2.45) is 0 Å². The van der Waals surface area contributed by atoms with Gasteiger partial charge < -0.3 is 14.5 Å². The Kier molecular flexibility index (Phi) is 4.89. The summed E-state index contributed by atoms with van der Waals surface area (Å²) in [4.78, 5) is 14.3. The fourth-order valence-corrected chi connectivity index (χ4v) is 3.03. The lowest BCUT2D eigenvalue weighted by Crippen LogP contribution is -2.44. The van der Waals surface area contributed by atoms with Crippen molar-refractivity contribution in [1.29, 1.82) is 0 Å². The Morgan fingerprint density at radius 2 is 2.12 bits per heavy atom. The summed E-state index contributed by atoms with van der Waals surface area (Å²) >= 11 is 0. The van der Waals surface area contributed by atoms with Gasteiger partial charge in [0.1, 0.15) is 0 Å². The van der Waals surface area contributed by atoms with Gasteiger partial charge in [0, 0.05) is 30.8 Å². The molecule has 5 nitrogen and oxygen atoms in total. The van der Waals surface area contributed by atoms with Gasteiger partial charge in [-0.3, -0.25) is 4.79 Å². The van der Waals surface area contributed by atoms with Gasteiger partial charge in [0.25, 0.3) is 5.91 Å². The molecule has 2 aromatic rings. The number of carbonyl (C=O) groups is 1. The number of hydrogen-bond donors (Lipinski definition) is 1. The predicted molar refractivity (Wildman–Crippen MR) is 82.2 cm³/mol. The summed E-state index contributed by atoms with van der Waals surface area (Å²) in [6, 6.07) is 4.78. The second-order valence-corrected chi connectivity index (χ2v) is 5.87. The molecule has 1 atom stereocenters. The Morgan fingerprint density at radius 1 is 1.29 bits per heavy atom. The van der Waals surface area contributed by atoms with E-state index in [1.165, 1.54) is 12.1 Å². The van der Waals surface area contributed by atoms with Gasteiger partial charge in [-0.2, -0.15) is 0 Å². The lowest BCUT2D eigenvalue weighted by molar-refractivity contribution is 0.0564. The van der Waals surface area contributed by atoms with Crippen LogP contribution >= 0.6 is 0 Å². The molecule has 0 spiro atoms. The van der Waals surface area contributed by atoms with Gasteiger partial charge in [0.2, 0.25) is 0 Å². The molecule has 1 unspecified atom stereocenters. The van der Waals surface area contributed by atoms with Crippen LogP contribution in [0.5, 0.6) is 0 Å². The molecule has 1 saturated heterocycles. The Bertz CT molecular complexity index is 730. The molecular formula is C17H18F2N2O3. The van der Waals surface area contributed by atoms with Crippen LogP contribution in [0.15, 0.2) is 28.8 Å². The molecular weight excluding hydrogens is 318 g/mol. The van der Waals surface area contributed by atoms with E-state index in [2.05, 4.69) is 5.16 Å². The quantitative estimate of drug-likeness (QED) is 0.932. The van der Waals surface area contributed by atoms with Gasteiger partial charge >= 0.3 is 0 Å². The number of carbonyl (C=O) groups excluding carboxylic acids is 1. The number of piperidine rings is 1. The van der Waals surface area contributed by atoms with Crippen molar-refractivity contribution in [2.75, 3.05) is 13.2 Å². The number of aliphatic hydroxyl groups excluding tert-OH is 1. The molecule has 0 aliphatic carbocycles. The van der Waals surface area contributed by atoms with E-state index in [1.807, 2.05) is 0 Å². The number of aliphatic hydroxyl groups is 1. The lowest BCUT2D eigenvalue weighted by Gasteiger charge is -2.34. The maximum absolute atomic E-state index is 13.3. The van der Waals surface area contributed by atoms with Gasteiger partial charge in [0.05, 0.1) is 0 Å². The highest BCUT2D eigenvalue weighted by molar-refractivity contribution is 5.93. The van der Waals surface area contributed by atoms with Crippen LogP contribution in [0.4, 0.5) is 8.78 Å². The number of nitrogens with zero attached hydrogens (tertiary/aromatic N) is 2. The summed E-state index contributed by atoms with van der Waals surface area (Å²) in [6.07, 6.45) is 3.30. The van der Waals surface area contributed by atoms with Gasteiger partial charge in [-0.25, -0.2) is 8.78 Å². The fourth-order valence-electron chi connectivity index (χ4n) is 3.03. The first-order chi connectivity index (χ1) is 11.6. The summed E-state index contributed by atoms with van der Waals surface area (Å²) in [7, 11) is 0. The van der Waals surface area contributed by atoms with Crippen LogP contribution in [0.1, 0.15) is 36.2 Å². The first-order valence-corrected chi connectivity index (χ1v) is 7.94. The highest BCUT2D eigenvalue weighted by Crippen LogP contribution is 2.25. The zero-order chi connectivity index (χ0) is 17.1. The third kappa shape index (κ3) is 3.31. The summed E-state index contributed by atoms with van der Waals surface area (Å²) < 4.78 is 31.4. The van der Waals surface area contributed by atoms with Crippen molar-refractivity contribution in [1.82, 2.24) is 10.1 Å². The van der Waals surface area contributed by atoms with Gasteiger partial charge in [-0.1, -0.05) is 5.16 Å². The van der Waals surface area contributed by atoms with Gasteiger partial charge in [0.15, 0.2) is 23.1 Å². The molecule has 1 aromatic heterocycles. The number of aromatic nitrogens is 1. The van der Waals surface area contributed by atoms with Crippen molar-refractivity contribution in [2.45, 2.75) is 31.7 Å². The number of benzene rings is 1. The van der Waals surface area contributed by atoms with Crippen LogP contribution in [0.2, 0.25) is 0 Å². The maximum atomic E-state index is 13.3. The van der Waals surface area contributed by atoms with E-state index in [4.69, 9.17) is 9.63 Å². The van der Waals surface area contributed by atoms with E-state index in [0.29, 0.717) is 18.5 Å². The molecule has 1 aromatic carbocycles. The maximum Gasteiger partial charge on any atom is 0.276 e. The van der Waals surface area contributed by atoms with Crippen LogP contribution in [-0.4, -0.2) is 40.3 Å². The van der Waals surface area contributed by atoms with E-state index in [1.54, 1.807) is 4.90 Å². The van der Waals surface area contributed by atoms with Crippen LogP contribution in [-0.2, 0) is 0 Å². The second kappa shape index (κ2) is 7.09. The average Bonchev–Trinajstić information content (AvgIpc) is 3.07. The van der Waals surface area contributed by atoms with E-state index in [9.17, 15) is 13.6 Å².